The van der Waals surface area contributed by atoms with Crippen molar-refractivity contribution in [3.63, 3.8) is 0 Å². The van der Waals surface area contributed by atoms with Gasteiger partial charge in [0.2, 0.25) is 11.8 Å². The number of aryl methyl sites for hydroxylation is 1. The minimum Gasteiger partial charge on any atom is -0.481 e. The zero-order valence-electron chi connectivity index (χ0n) is 20.5. The second-order valence-corrected chi connectivity index (χ2v) is 7.95. The Labute approximate surface area is 205 Å². The largest absolute Gasteiger partial charge is 0.481 e. The van der Waals surface area contributed by atoms with Gasteiger partial charge in [-0.3, -0.25) is 14.4 Å². The quantitative estimate of drug-likeness (QED) is 0.428. The molecular weight excluding hydrogens is 448 g/mol. The number of anilines is 3. The number of carbonyl (C=O) groups is 4. The molecule has 0 spiro atoms. The molecule has 2 aromatic carbocycles. The van der Waals surface area contributed by atoms with Crippen LogP contribution in [-0.4, -0.2) is 46.4 Å². The molecule has 0 aromatic heterocycles. The predicted octanol–water partition coefficient (Wildman–Crippen LogP) is 4.85. The first-order valence-corrected chi connectivity index (χ1v) is 11.9. The number of benzene rings is 2. The summed E-state index contributed by atoms with van der Waals surface area (Å²) in [5.41, 5.74) is 2.79. The van der Waals surface area contributed by atoms with E-state index < -0.39 is 12.0 Å². The molecule has 1 aliphatic rings. The van der Waals surface area contributed by atoms with E-state index in [2.05, 4.69) is 16.0 Å². The highest BCUT2D eigenvalue weighted by Gasteiger charge is 2.33. The first kappa shape index (κ1) is 27.4. The van der Waals surface area contributed by atoms with Crippen molar-refractivity contribution in [2.75, 3.05) is 22.5 Å². The van der Waals surface area contributed by atoms with Gasteiger partial charge < -0.3 is 26.0 Å². The molecule has 0 unspecified atom stereocenters. The number of para-hydroxylation sites is 1. The lowest BCUT2D eigenvalue weighted by Gasteiger charge is -2.24. The van der Waals surface area contributed by atoms with E-state index in [1.165, 1.54) is 4.90 Å². The minimum absolute atomic E-state index is 0.0696. The van der Waals surface area contributed by atoms with E-state index in [-0.39, 0.29) is 37.1 Å². The average Bonchev–Trinajstić information content (AvgIpc) is 3.33. The summed E-state index contributed by atoms with van der Waals surface area (Å²) in [4.78, 5) is 49.5. The summed E-state index contributed by atoms with van der Waals surface area (Å²) in [7, 11) is 0. The maximum absolute atomic E-state index is 12.7. The Morgan fingerprint density at radius 2 is 1.54 bits per heavy atom. The zero-order chi connectivity index (χ0) is 25.8. The summed E-state index contributed by atoms with van der Waals surface area (Å²) in [5, 5.41) is 17.1. The van der Waals surface area contributed by atoms with Gasteiger partial charge in [-0.05, 0) is 62.1 Å². The summed E-state index contributed by atoms with van der Waals surface area (Å²) in [6.45, 7) is 6.39. The third-order valence-electron chi connectivity index (χ3n) is 5.46. The number of carboxylic acid groups (broad SMARTS) is 1. The van der Waals surface area contributed by atoms with Crippen LogP contribution in [0.4, 0.5) is 21.9 Å². The van der Waals surface area contributed by atoms with Gasteiger partial charge in [0.1, 0.15) is 6.04 Å². The van der Waals surface area contributed by atoms with Crippen molar-refractivity contribution in [2.24, 2.45) is 0 Å². The molecular formula is C26H34N4O5. The molecule has 1 fully saturated rings. The molecule has 4 amide bonds. The Hall–Kier alpha value is -3.88. The van der Waals surface area contributed by atoms with Crippen molar-refractivity contribution < 1.29 is 24.3 Å². The van der Waals surface area contributed by atoms with Crippen molar-refractivity contribution in [1.82, 2.24) is 4.90 Å². The number of aliphatic carboxylic acids is 1. The number of amides is 4. The number of carboxylic acids is 1. The van der Waals surface area contributed by atoms with Crippen LogP contribution in [0.15, 0.2) is 48.5 Å². The van der Waals surface area contributed by atoms with Gasteiger partial charge in [0.15, 0.2) is 0 Å². The Morgan fingerprint density at radius 3 is 2.17 bits per heavy atom. The van der Waals surface area contributed by atoms with Crippen LogP contribution in [0.1, 0.15) is 51.5 Å². The smallest absolute Gasteiger partial charge is 0.323 e. The third kappa shape index (κ3) is 8.44. The lowest BCUT2D eigenvalue weighted by molar-refractivity contribution is -0.138. The molecule has 0 radical (unpaired) electrons. The number of urea groups is 1. The monoisotopic (exact) mass is 482 g/mol. The maximum atomic E-state index is 12.7. The average molecular weight is 483 g/mol. The summed E-state index contributed by atoms with van der Waals surface area (Å²) < 4.78 is 0. The Kier molecular flexibility index (Phi) is 10.7. The lowest BCUT2D eigenvalue weighted by Crippen LogP contribution is -2.43. The van der Waals surface area contributed by atoms with Crippen LogP contribution in [0.5, 0.6) is 0 Å². The van der Waals surface area contributed by atoms with Crippen molar-refractivity contribution >= 4 is 40.9 Å². The van der Waals surface area contributed by atoms with Crippen molar-refractivity contribution in [3.8, 4) is 0 Å². The van der Waals surface area contributed by atoms with Crippen molar-refractivity contribution in [3.05, 3.63) is 54.1 Å². The molecule has 0 bridgehead atoms. The number of carbonyl (C=O) groups excluding carboxylic acids is 3. The Balaban J connectivity index is 0.00000210. The highest BCUT2D eigenvalue weighted by molar-refractivity contribution is 6.01. The zero-order valence-corrected chi connectivity index (χ0v) is 20.5. The van der Waals surface area contributed by atoms with Crippen LogP contribution >= 0.6 is 0 Å². The van der Waals surface area contributed by atoms with Crippen LogP contribution in [0.25, 0.3) is 0 Å². The molecule has 1 atom stereocenters. The number of likely N-dealkylation sites (tertiary alicyclic amines) is 1. The normalized spacial score (nSPS) is 14.4. The Bertz CT molecular complexity index is 1020. The maximum Gasteiger partial charge on any atom is 0.323 e. The van der Waals surface area contributed by atoms with E-state index in [0.717, 1.165) is 17.7 Å². The van der Waals surface area contributed by atoms with E-state index in [1.807, 2.05) is 45.0 Å². The first-order valence-electron chi connectivity index (χ1n) is 11.9. The van der Waals surface area contributed by atoms with Crippen LogP contribution in [-0.2, 0) is 14.4 Å². The van der Waals surface area contributed by atoms with Gasteiger partial charge in [-0.25, -0.2) is 4.79 Å². The van der Waals surface area contributed by atoms with Gasteiger partial charge in [0.05, 0.1) is 0 Å². The molecule has 35 heavy (non-hydrogen) atoms. The van der Waals surface area contributed by atoms with Gasteiger partial charge in [-0.1, -0.05) is 32.0 Å². The van der Waals surface area contributed by atoms with Crippen molar-refractivity contribution in [2.45, 2.75) is 58.9 Å². The second kappa shape index (κ2) is 13.7. The summed E-state index contributed by atoms with van der Waals surface area (Å²) in [6, 6.07) is 13.2. The molecule has 1 aliphatic heterocycles. The molecule has 4 N–H and O–H groups in total. The third-order valence-corrected chi connectivity index (χ3v) is 5.46. The fourth-order valence-corrected chi connectivity index (χ4v) is 3.73. The number of nitrogens with one attached hydrogen (secondary N) is 3. The fraction of sp³-hybridized carbons (Fsp3) is 0.385. The molecule has 1 heterocycles. The Morgan fingerprint density at radius 1 is 0.914 bits per heavy atom. The number of rotatable bonds is 8. The first-order chi connectivity index (χ1) is 16.8. The molecule has 2 aromatic rings. The highest BCUT2D eigenvalue weighted by atomic mass is 16.4. The van der Waals surface area contributed by atoms with Crippen molar-refractivity contribution in [1.29, 1.82) is 0 Å². The van der Waals surface area contributed by atoms with Gasteiger partial charge >= 0.3 is 12.0 Å². The predicted molar refractivity (Wildman–Crippen MR) is 136 cm³/mol. The van der Waals surface area contributed by atoms with Crippen LogP contribution < -0.4 is 16.0 Å². The van der Waals surface area contributed by atoms with E-state index >= 15 is 0 Å². The van der Waals surface area contributed by atoms with Gasteiger partial charge in [-0.15, -0.1) is 0 Å². The molecule has 0 saturated carbocycles. The fourth-order valence-electron chi connectivity index (χ4n) is 3.73. The minimum atomic E-state index is -0.941. The van der Waals surface area contributed by atoms with E-state index in [4.69, 9.17) is 5.11 Å². The van der Waals surface area contributed by atoms with E-state index in [0.29, 0.717) is 24.3 Å². The van der Waals surface area contributed by atoms with Crippen LogP contribution in [0.3, 0.4) is 0 Å². The molecule has 1 saturated heterocycles. The standard InChI is InChI=1S/C24H28N4O5.C2H6/c1-16-6-2-3-7-19(16)27-24(33)26-18-13-11-17(12-14-18)25-23(32)20-8-5-15-28(20)21(29)9-4-10-22(30)31;1-2/h2-3,6-7,11-14,20H,4-5,8-10,15H2,1H3,(H,25,32)(H,30,31)(H2,26,27,33);1-2H3/t20-;/m0./s1. The second-order valence-electron chi connectivity index (χ2n) is 7.95. The van der Waals surface area contributed by atoms with E-state index in [1.54, 1.807) is 24.3 Å². The molecule has 3 rings (SSSR count). The summed E-state index contributed by atoms with van der Waals surface area (Å²) in [6.07, 6.45) is 1.59. The summed E-state index contributed by atoms with van der Waals surface area (Å²) in [5.74, 6) is -1.42. The van der Waals surface area contributed by atoms with Crippen LogP contribution in [0.2, 0.25) is 0 Å². The number of hydrogen-bond acceptors (Lipinski definition) is 4. The van der Waals surface area contributed by atoms with Gasteiger partial charge in [0, 0.05) is 36.4 Å². The lowest BCUT2D eigenvalue weighted by atomic mass is 10.1. The van der Waals surface area contributed by atoms with Gasteiger partial charge in [-0.2, -0.15) is 0 Å². The molecule has 188 valence electrons. The highest BCUT2D eigenvalue weighted by Crippen LogP contribution is 2.22. The summed E-state index contributed by atoms with van der Waals surface area (Å²) >= 11 is 0. The van der Waals surface area contributed by atoms with Crippen LogP contribution in [0, 0.1) is 6.92 Å². The molecule has 9 heteroatoms. The number of nitrogens with zero attached hydrogens (tertiary/aromatic N) is 1. The number of hydrogen-bond donors (Lipinski definition) is 4. The molecule has 0 aliphatic carbocycles. The molecule has 9 nitrogen and oxygen atoms in total. The topological polar surface area (TPSA) is 128 Å². The van der Waals surface area contributed by atoms with Gasteiger partial charge in [0.25, 0.3) is 0 Å². The SMILES string of the molecule is CC.Cc1ccccc1NC(=O)Nc1ccc(NC(=O)[C@@H]2CCCN2C(=O)CCCC(=O)O)cc1. The van der Waals surface area contributed by atoms with E-state index in [9.17, 15) is 19.2 Å².